The summed E-state index contributed by atoms with van der Waals surface area (Å²) in [5, 5.41) is 12.9. The number of nitrogens with two attached hydrogens (primary N) is 1. The third-order valence-electron chi connectivity index (χ3n) is 5.59. The van der Waals surface area contributed by atoms with Crippen molar-refractivity contribution < 1.29 is 21.6 Å². The van der Waals surface area contributed by atoms with E-state index in [0.717, 1.165) is 27.6 Å². The molecule has 0 aliphatic heterocycles. The number of fused-ring (bicyclic) bond motifs is 3. The van der Waals surface area contributed by atoms with Crippen molar-refractivity contribution in [1.82, 2.24) is 9.78 Å². The first-order valence-electron chi connectivity index (χ1n) is 10.3. The van der Waals surface area contributed by atoms with E-state index in [4.69, 9.17) is 5.14 Å². The molecule has 2 N–H and O–H groups in total. The number of rotatable bonds is 4. The number of nitrogens with zero attached hydrogens (tertiary/aromatic N) is 2. The first-order chi connectivity index (χ1) is 16.1. The van der Waals surface area contributed by atoms with Gasteiger partial charge in [0.1, 0.15) is 0 Å². The van der Waals surface area contributed by atoms with Crippen LogP contribution in [0.25, 0.3) is 38.5 Å². The Morgan fingerprint density at radius 2 is 1.50 bits per heavy atom. The number of sulfonamides is 1. The quantitative estimate of drug-likeness (QED) is 0.337. The lowest BCUT2D eigenvalue weighted by atomic mass is 9.99. The van der Waals surface area contributed by atoms with Crippen LogP contribution in [0.15, 0.2) is 84.9 Å². The van der Waals surface area contributed by atoms with Crippen LogP contribution < -0.4 is 5.14 Å². The van der Waals surface area contributed by atoms with Gasteiger partial charge in [-0.1, -0.05) is 60.7 Å². The summed E-state index contributed by atoms with van der Waals surface area (Å²) in [7, 11) is -3.73. The average Bonchev–Trinajstić information content (AvgIpc) is 3.24. The van der Waals surface area contributed by atoms with Gasteiger partial charge in [0.25, 0.3) is 0 Å². The lowest BCUT2D eigenvalue weighted by Gasteiger charge is -2.10. The highest BCUT2D eigenvalue weighted by atomic mass is 32.2. The van der Waals surface area contributed by atoms with Gasteiger partial charge in [-0.2, -0.15) is 18.3 Å². The molecule has 5 rings (SSSR count). The number of alkyl halides is 3. The molecular weight excluding hydrogens is 463 g/mol. The second-order valence-electron chi connectivity index (χ2n) is 8.02. The number of hydrogen-bond donors (Lipinski definition) is 1. The Kier molecular flexibility index (Phi) is 5.18. The summed E-state index contributed by atoms with van der Waals surface area (Å²) in [6.07, 6.45) is -4.62. The van der Waals surface area contributed by atoms with E-state index in [1.54, 1.807) is 6.07 Å². The van der Waals surface area contributed by atoms with Crippen molar-refractivity contribution in [2.75, 3.05) is 0 Å². The van der Waals surface area contributed by atoms with Crippen LogP contribution in [0, 0.1) is 0 Å². The van der Waals surface area contributed by atoms with Crippen LogP contribution in [0.5, 0.6) is 0 Å². The number of hydrogen-bond acceptors (Lipinski definition) is 3. The first-order valence-corrected chi connectivity index (χ1v) is 12.0. The molecule has 1 heterocycles. The molecule has 5 aromatic rings. The van der Waals surface area contributed by atoms with Gasteiger partial charge in [-0.25, -0.2) is 18.2 Å². The minimum atomic E-state index is -4.62. The summed E-state index contributed by atoms with van der Waals surface area (Å²) in [5.41, 5.74) is 0.603. The monoisotopic (exact) mass is 481 g/mol. The Bertz CT molecular complexity index is 1640. The van der Waals surface area contributed by atoms with Crippen molar-refractivity contribution in [3.63, 3.8) is 0 Å². The largest absolute Gasteiger partial charge is 0.435 e. The molecule has 0 atom stereocenters. The predicted molar refractivity (Wildman–Crippen MR) is 126 cm³/mol. The molecule has 5 nitrogen and oxygen atoms in total. The van der Waals surface area contributed by atoms with Crippen molar-refractivity contribution in [2.45, 2.75) is 11.9 Å². The van der Waals surface area contributed by atoms with E-state index in [9.17, 15) is 21.6 Å². The molecule has 34 heavy (non-hydrogen) atoms. The van der Waals surface area contributed by atoms with Crippen molar-refractivity contribution >= 4 is 31.6 Å². The number of halogens is 3. The topological polar surface area (TPSA) is 78.0 Å². The molecule has 0 saturated carbocycles. The van der Waals surface area contributed by atoms with Gasteiger partial charge >= 0.3 is 6.18 Å². The highest BCUT2D eigenvalue weighted by Gasteiger charge is 2.35. The third kappa shape index (κ3) is 4.27. The fraction of sp³-hybridized carbons (Fsp3) is 0.0800. The van der Waals surface area contributed by atoms with Crippen LogP contribution in [-0.2, 0) is 22.0 Å². The summed E-state index contributed by atoms with van der Waals surface area (Å²) in [4.78, 5) is 0. The van der Waals surface area contributed by atoms with Crippen LogP contribution >= 0.6 is 0 Å². The molecule has 0 unspecified atom stereocenters. The SMILES string of the molecule is NS(=O)(=O)Cc1ccc(-n2nc(C(F)(F)F)cc2-c2ccc3c(ccc4ccccc43)c2)cc1. The van der Waals surface area contributed by atoms with Crippen LogP contribution in [-0.4, -0.2) is 18.2 Å². The van der Waals surface area contributed by atoms with E-state index < -0.39 is 21.9 Å². The van der Waals surface area contributed by atoms with Crippen molar-refractivity contribution in [1.29, 1.82) is 0 Å². The molecule has 0 amide bonds. The Hall–Kier alpha value is -3.69. The summed E-state index contributed by atoms with van der Waals surface area (Å²) in [5.74, 6) is -0.369. The number of benzene rings is 4. The van der Waals surface area contributed by atoms with E-state index in [-0.39, 0.29) is 11.4 Å². The highest BCUT2D eigenvalue weighted by Crippen LogP contribution is 2.35. The molecule has 0 radical (unpaired) electrons. The second-order valence-corrected chi connectivity index (χ2v) is 9.64. The first kappa shape index (κ1) is 22.1. The van der Waals surface area contributed by atoms with Gasteiger partial charge in [0.15, 0.2) is 5.69 Å². The number of aromatic nitrogens is 2. The Labute approximate surface area is 193 Å². The van der Waals surface area contributed by atoms with Gasteiger partial charge in [0.2, 0.25) is 10.0 Å². The molecule has 0 aliphatic rings. The normalized spacial score (nSPS) is 12.5. The van der Waals surface area contributed by atoms with Gasteiger partial charge in [-0.05, 0) is 51.4 Å². The highest BCUT2D eigenvalue weighted by molar-refractivity contribution is 7.88. The molecule has 0 fully saturated rings. The van der Waals surface area contributed by atoms with E-state index in [2.05, 4.69) is 5.10 Å². The molecule has 9 heteroatoms. The van der Waals surface area contributed by atoms with Crippen LogP contribution in [0.2, 0.25) is 0 Å². The maximum atomic E-state index is 13.5. The fourth-order valence-corrected chi connectivity index (χ4v) is 4.72. The van der Waals surface area contributed by atoms with Crippen LogP contribution in [0.3, 0.4) is 0 Å². The van der Waals surface area contributed by atoms with Crippen molar-refractivity contribution in [3.8, 4) is 16.9 Å². The van der Waals surface area contributed by atoms with E-state index in [1.165, 1.54) is 28.9 Å². The molecule has 0 saturated heterocycles. The lowest BCUT2D eigenvalue weighted by molar-refractivity contribution is -0.141. The van der Waals surface area contributed by atoms with E-state index in [0.29, 0.717) is 16.8 Å². The number of primary sulfonamides is 1. The van der Waals surface area contributed by atoms with Gasteiger partial charge in [-0.3, -0.25) is 0 Å². The standard InChI is InChI=1S/C25H18F3N3O2S/c26-25(27,28)24-14-23(31(30-24)20-10-5-16(6-11-20)15-34(29,32)33)19-9-12-22-18(13-19)8-7-17-3-1-2-4-21(17)22/h1-14H,15H2,(H2,29,32,33). The molecule has 172 valence electrons. The Morgan fingerprint density at radius 3 is 2.21 bits per heavy atom. The zero-order valence-electron chi connectivity index (χ0n) is 17.6. The Balaban J connectivity index is 1.64. The van der Waals surface area contributed by atoms with Crippen LogP contribution in [0.4, 0.5) is 13.2 Å². The minimum absolute atomic E-state index is 0.265. The van der Waals surface area contributed by atoms with Crippen molar-refractivity contribution in [3.05, 3.63) is 96.2 Å². The van der Waals surface area contributed by atoms with Gasteiger partial charge in [-0.15, -0.1) is 0 Å². The maximum absolute atomic E-state index is 13.5. The fourth-order valence-electron chi connectivity index (χ4n) is 4.06. The van der Waals surface area contributed by atoms with E-state index >= 15 is 0 Å². The summed E-state index contributed by atoms with van der Waals surface area (Å²) < 4.78 is 64.5. The predicted octanol–water partition coefficient (Wildman–Crippen LogP) is 5.65. The molecule has 0 bridgehead atoms. The molecule has 4 aromatic carbocycles. The zero-order valence-corrected chi connectivity index (χ0v) is 18.4. The zero-order chi connectivity index (χ0) is 24.1. The summed E-state index contributed by atoms with van der Waals surface area (Å²) >= 11 is 0. The molecular formula is C25H18F3N3O2S. The molecule has 1 aromatic heterocycles. The lowest BCUT2D eigenvalue weighted by Crippen LogP contribution is -2.14. The van der Waals surface area contributed by atoms with Gasteiger partial charge in [0, 0.05) is 5.56 Å². The van der Waals surface area contributed by atoms with Gasteiger partial charge in [0.05, 0.1) is 17.1 Å². The summed E-state index contributed by atoms with van der Waals surface area (Å²) in [6.45, 7) is 0. The smallest absolute Gasteiger partial charge is 0.233 e. The van der Waals surface area contributed by atoms with Gasteiger partial charge < -0.3 is 0 Å². The Morgan fingerprint density at radius 1 is 0.824 bits per heavy atom. The maximum Gasteiger partial charge on any atom is 0.435 e. The third-order valence-corrected chi connectivity index (χ3v) is 6.33. The van der Waals surface area contributed by atoms with Crippen molar-refractivity contribution in [2.24, 2.45) is 5.14 Å². The average molecular weight is 481 g/mol. The molecule has 0 spiro atoms. The van der Waals surface area contributed by atoms with Crippen LogP contribution in [0.1, 0.15) is 11.3 Å². The minimum Gasteiger partial charge on any atom is -0.233 e. The molecule has 0 aliphatic carbocycles. The van der Waals surface area contributed by atoms with E-state index in [1.807, 2.05) is 48.5 Å². The second kappa shape index (κ2) is 7.96. The summed E-state index contributed by atoms with van der Waals surface area (Å²) in [6, 6.07) is 24.4.